The number of para-hydroxylation sites is 1. The van der Waals surface area contributed by atoms with Crippen molar-refractivity contribution >= 4 is 25.1 Å². The summed E-state index contributed by atoms with van der Waals surface area (Å²) in [5, 5.41) is 39.5. The molecule has 0 radical (unpaired) electrons. The Morgan fingerprint density at radius 2 is 2.02 bits per heavy atom. The van der Waals surface area contributed by atoms with Crippen molar-refractivity contribution in [2.45, 2.75) is 69.7 Å². The van der Waals surface area contributed by atoms with Crippen LogP contribution in [0.4, 0.5) is 5.82 Å². The molecule has 1 aliphatic heterocycles. The van der Waals surface area contributed by atoms with E-state index in [0.29, 0.717) is 17.6 Å². The number of ether oxygens (including phenoxy) is 2. The number of aromatic nitrogens is 3. The molecule has 15 heteroatoms. The molecule has 14 nitrogen and oxygen atoms in total. The van der Waals surface area contributed by atoms with Crippen LogP contribution in [0.5, 0.6) is 5.75 Å². The maximum Gasteiger partial charge on any atom is 0.459 e. The maximum atomic E-state index is 14.1. The van der Waals surface area contributed by atoms with Gasteiger partial charge < -0.3 is 29.9 Å². The number of nitriles is 1. The summed E-state index contributed by atoms with van der Waals surface area (Å²) in [6.45, 7) is 7.57. The number of nitrogens with zero attached hydrogens (tertiary/aromatic N) is 4. The van der Waals surface area contributed by atoms with Crippen LogP contribution in [0.2, 0.25) is 0 Å². The number of carbonyl (C=O) groups is 1. The Morgan fingerprint density at radius 3 is 2.67 bits per heavy atom. The second-order valence-electron chi connectivity index (χ2n) is 11.6. The highest BCUT2D eigenvalue weighted by Crippen LogP contribution is 2.68. The quantitative estimate of drug-likeness (QED) is 0.195. The lowest BCUT2D eigenvalue weighted by Crippen LogP contribution is -2.38. The third-order valence-corrected chi connectivity index (χ3v) is 8.96. The van der Waals surface area contributed by atoms with Crippen molar-refractivity contribution in [2.75, 3.05) is 12.3 Å². The lowest BCUT2D eigenvalue weighted by atomic mass is 9.93. The molecule has 1 saturated heterocycles. The zero-order valence-electron chi connectivity index (χ0n) is 23.5. The molecule has 0 amide bonds. The summed E-state index contributed by atoms with van der Waals surface area (Å²) in [4.78, 5) is 16.6. The minimum Gasteiger partial charge on any atom is -0.465 e. The van der Waals surface area contributed by atoms with Gasteiger partial charge in [-0.2, -0.15) is 15.4 Å². The van der Waals surface area contributed by atoms with Crippen LogP contribution < -0.4 is 15.3 Å². The zero-order valence-corrected chi connectivity index (χ0v) is 24.4. The van der Waals surface area contributed by atoms with Crippen molar-refractivity contribution in [3.63, 3.8) is 0 Å². The average molecular weight is 601 g/mol. The molecule has 2 aromatic heterocycles. The van der Waals surface area contributed by atoms with E-state index in [1.807, 2.05) is 26.8 Å². The fourth-order valence-corrected chi connectivity index (χ4v) is 6.62. The molecule has 3 aromatic rings. The monoisotopic (exact) mass is 600 g/mol. The van der Waals surface area contributed by atoms with E-state index in [1.165, 1.54) is 29.9 Å². The van der Waals surface area contributed by atoms with Crippen molar-refractivity contribution < 1.29 is 38.1 Å². The van der Waals surface area contributed by atoms with Gasteiger partial charge in [0, 0.05) is 0 Å². The number of anilines is 1. The standard InChI is InChI=1S/C27H33N6O8P/c1-16(23(35)38-13-12-25(2,3)4)32-42(37,40-17-8-6-5-7-9-17)41-24-26(14-28)27(24,36)21(34)20(39-26)18-10-11-19-22(29)30-15-31-33(18)19/h5-11,15-16,20-21,24,34,36H,12-13H2,1-4H3,(H,32,37)(H2,29,30,31)/t16-,20-,21-,24?,26+,27+,42?/m0/s1. The third kappa shape index (κ3) is 5.13. The molecule has 224 valence electrons. The van der Waals surface area contributed by atoms with Crippen LogP contribution in [0.1, 0.15) is 45.9 Å². The predicted molar refractivity (Wildman–Crippen MR) is 148 cm³/mol. The Bertz CT molecular complexity index is 1570. The second kappa shape index (κ2) is 10.6. The van der Waals surface area contributed by atoms with Crippen molar-refractivity contribution in [2.24, 2.45) is 5.41 Å². The lowest BCUT2D eigenvalue weighted by molar-refractivity contribution is -0.146. The molecule has 2 aliphatic rings. The normalized spacial score (nSPS) is 28.8. The summed E-state index contributed by atoms with van der Waals surface area (Å²) in [5.41, 5.74) is 2.14. The number of rotatable bonds is 10. The van der Waals surface area contributed by atoms with Crippen LogP contribution in [0, 0.1) is 16.7 Å². The van der Waals surface area contributed by atoms with Gasteiger partial charge in [0.05, 0.1) is 12.3 Å². The van der Waals surface area contributed by atoms with Gasteiger partial charge in [-0.1, -0.05) is 39.0 Å². The average Bonchev–Trinajstić information content (AvgIpc) is 3.19. The summed E-state index contributed by atoms with van der Waals surface area (Å²) < 4.78 is 38.1. The first-order valence-electron chi connectivity index (χ1n) is 13.3. The number of fused-ring (bicyclic) bond motifs is 2. The topological polar surface area (TPSA) is 204 Å². The van der Waals surface area contributed by atoms with Gasteiger partial charge in [0.25, 0.3) is 0 Å². The van der Waals surface area contributed by atoms with Crippen LogP contribution in [0.15, 0.2) is 48.8 Å². The summed E-state index contributed by atoms with van der Waals surface area (Å²) in [5.74, 6) is -0.399. The highest BCUT2D eigenvalue weighted by Gasteiger charge is 2.90. The number of aliphatic hydroxyl groups is 2. The van der Waals surface area contributed by atoms with Gasteiger partial charge in [0.1, 0.15) is 41.9 Å². The number of nitrogens with two attached hydrogens (primary N) is 1. The van der Waals surface area contributed by atoms with E-state index in [1.54, 1.807) is 30.3 Å². The molecule has 3 heterocycles. The van der Waals surface area contributed by atoms with Gasteiger partial charge in [-0.25, -0.2) is 14.1 Å². The molecule has 5 N–H and O–H groups in total. The molecule has 1 aliphatic carbocycles. The fourth-order valence-electron chi connectivity index (χ4n) is 4.90. The highest BCUT2D eigenvalue weighted by atomic mass is 31.2. The zero-order chi connectivity index (χ0) is 30.5. The first kappa shape index (κ1) is 29.9. The first-order chi connectivity index (χ1) is 19.7. The van der Waals surface area contributed by atoms with Gasteiger partial charge in [0.15, 0.2) is 17.5 Å². The molecular formula is C27H33N6O8P. The Labute approximate surface area is 241 Å². The number of carbonyl (C=O) groups excluding carboxylic acids is 1. The number of nitrogen functional groups attached to an aromatic ring is 1. The van der Waals surface area contributed by atoms with Gasteiger partial charge in [-0.15, -0.1) is 0 Å². The van der Waals surface area contributed by atoms with Crippen molar-refractivity contribution in [3.8, 4) is 11.8 Å². The molecule has 0 bridgehead atoms. The highest BCUT2D eigenvalue weighted by molar-refractivity contribution is 7.52. The summed E-state index contributed by atoms with van der Waals surface area (Å²) in [6.07, 6.45) is -2.72. The molecule has 2 fully saturated rings. The van der Waals surface area contributed by atoms with E-state index in [0.717, 1.165) is 0 Å². The minimum atomic E-state index is -4.51. The van der Waals surface area contributed by atoms with Gasteiger partial charge in [-0.3, -0.25) is 9.32 Å². The van der Waals surface area contributed by atoms with E-state index >= 15 is 0 Å². The Hall–Kier alpha value is -3.57. The van der Waals surface area contributed by atoms with Crippen LogP contribution in [-0.2, 0) is 23.4 Å². The second-order valence-corrected chi connectivity index (χ2v) is 13.2. The molecule has 42 heavy (non-hydrogen) atoms. The Balaban J connectivity index is 1.38. The minimum absolute atomic E-state index is 0.0675. The van der Waals surface area contributed by atoms with Crippen molar-refractivity contribution in [1.82, 2.24) is 19.7 Å². The van der Waals surface area contributed by atoms with E-state index in [-0.39, 0.29) is 23.6 Å². The number of hydrogen-bond donors (Lipinski definition) is 4. The number of esters is 1. The molecule has 5 rings (SSSR count). The molecule has 1 aromatic carbocycles. The number of hydrogen-bond acceptors (Lipinski definition) is 12. The van der Waals surface area contributed by atoms with Gasteiger partial charge >= 0.3 is 13.7 Å². The maximum absolute atomic E-state index is 14.1. The Kier molecular flexibility index (Phi) is 7.55. The molecule has 7 atom stereocenters. The van der Waals surface area contributed by atoms with Crippen molar-refractivity contribution in [1.29, 1.82) is 5.26 Å². The smallest absolute Gasteiger partial charge is 0.459 e. The van der Waals surface area contributed by atoms with Crippen molar-refractivity contribution in [3.05, 3.63) is 54.5 Å². The molecule has 2 unspecified atom stereocenters. The van der Waals surface area contributed by atoms with E-state index in [2.05, 4.69) is 15.2 Å². The first-order valence-corrected chi connectivity index (χ1v) is 14.8. The largest absolute Gasteiger partial charge is 0.465 e. The number of nitrogens with one attached hydrogen (secondary N) is 1. The summed E-state index contributed by atoms with van der Waals surface area (Å²) in [7, 11) is -4.51. The number of aliphatic hydroxyl groups excluding tert-OH is 1. The third-order valence-electron chi connectivity index (χ3n) is 7.31. The van der Waals surface area contributed by atoms with Gasteiger partial charge in [0.2, 0.25) is 5.60 Å². The SMILES string of the molecule is C[C@H](NP(=O)(Oc1ccccc1)OC1[C@@]2(C#N)O[C@@H](c3ccc4c(N)ncnn34)[C@H](O)[C@@]12O)C(=O)OCCC(C)(C)C. The van der Waals surface area contributed by atoms with Gasteiger partial charge in [-0.05, 0) is 43.0 Å². The molecule has 0 spiro atoms. The summed E-state index contributed by atoms with van der Waals surface area (Å²) >= 11 is 0. The molecule has 1 saturated carbocycles. The van der Waals surface area contributed by atoms with E-state index < -0.39 is 49.3 Å². The van der Waals surface area contributed by atoms with E-state index in [9.17, 15) is 24.8 Å². The van der Waals surface area contributed by atoms with Crippen LogP contribution in [0.25, 0.3) is 5.52 Å². The molecular weight excluding hydrogens is 567 g/mol. The number of benzene rings is 1. The lowest BCUT2D eigenvalue weighted by Gasteiger charge is -2.26. The Morgan fingerprint density at radius 1 is 1.31 bits per heavy atom. The van der Waals surface area contributed by atoms with E-state index in [4.69, 9.17) is 24.3 Å². The summed E-state index contributed by atoms with van der Waals surface area (Å²) in [6, 6.07) is 11.9. The fraction of sp³-hybridized carbons (Fsp3) is 0.481. The predicted octanol–water partition coefficient (Wildman–Crippen LogP) is 2.28. The van der Waals surface area contributed by atoms with Crippen LogP contribution >= 0.6 is 7.75 Å². The van der Waals surface area contributed by atoms with Crippen LogP contribution in [-0.4, -0.2) is 66.8 Å². The van der Waals surface area contributed by atoms with Crippen LogP contribution in [0.3, 0.4) is 0 Å².